The Kier molecular flexibility index (Phi) is 3.59. The third kappa shape index (κ3) is 2.34. The molecule has 0 spiro atoms. The van der Waals surface area contributed by atoms with Crippen molar-refractivity contribution in [1.29, 1.82) is 0 Å². The van der Waals surface area contributed by atoms with E-state index in [-0.39, 0.29) is 4.90 Å². The first kappa shape index (κ1) is 14.6. The van der Waals surface area contributed by atoms with Gasteiger partial charge in [-0.25, -0.2) is 13.2 Å². The monoisotopic (exact) mass is 318 g/mol. The van der Waals surface area contributed by atoms with Crippen molar-refractivity contribution < 1.29 is 18.0 Å². The Bertz CT molecular complexity index is 819. The minimum Gasteiger partial charge on any atom is -0.370 e. The smallest absolute Gasteiger partial charge is 0.356 e. The van der Waals surface area contributed by atoms with E-state index < -0.39 is 16.0 Å². The van der Waals surface area contributed by atoms with Gasteiger partial charge in [0.25, 0.3) is 10.0 Å². The second-order valence-electron chi connectivity index (χ2n) is 4.89. The molecule has 0 unspecified atom stereocenters. The lowest BCUT2D eigenvalue weighted by atomic mass is 10.1. The molecular weight excluding hydrogens is 304 g/mol. The predicted molar refractivity (Wildman–Crippen MR) is 80.7 cm³/mol. The summed E-state index contributed by atoms with van der Waals surface area (Å²) in [5.41, 5.74) is 1.67. The second kappa shape index (κ2) is 5.43. The average molecular weight is 318 g/mol. The molecule has 2 N–H and O–H groups in total. The van der Waals surface area contributed by atoms with Gasteiger partial charge < -0.3 is 4.84 Å². The zero-order valence-electron chi connectivity index (χ0n) is 11.6. The normalized spacial score (nSPS) is 13.8. The molecule has 3 rings (SSSR count). The molecule has 0 amide bonds. The third-order valence-electron chi connectivity index (χ3n) is 3.61. The Morgan fingerprint density at radius 3 is 2.55 bits per heavy atom. The van der Waals surface area contributed by atoms with Gasteiger partial charge in [-0.2, -0.15) is 5.90 Å². The molecule has 0 fully saturated rings. The van der Waals surface area contributed by atoms with Crippen molar-refractivity contribution in [1.82, 2.24) is 0 Å². The summed E-state index contributed by atoms with van der Waals surface area (Å²) in [7, 11) is -3.60. The molecule has 0 aliphatic carbocycles. The van der Waals surface area contributed by atoms with E-state index in [0.29, 0.717) is 24.2 Å². The van der Waals surface area contributed by atoms with E-state index in [9.17, 15) is 13.2 Å². The molecule has 0 radical (unpaired) electrons. The molecular formula is C15H14N2O4S. The number of benzene rings is 2. The van der Waals surface area contributed by atoms with Crippen molar-refractivity contribution in [3.63, 3.8) is 0 Å². The zero-order chi connectivity index (χ0) is 15.7. The van der Waals surface area contributed by atoms with Crippen molar-refractivity contribution >= 4 is 21.7 Å². The molecule has 0 bridgehead atoms. The summed E-state index contributed by atoms with van der Waals surface area (Å²) in [5.74, 6) is 4.22. The number of hydrogen-bond donors (Lipinski definition) is 1. The van der Waals surface area contributed by atoms with E-state index >= 15 is 0 Å². The number of sulfonamides is 1. The molecule has 0 saturated carbocycles. The average Bonchev–Trinajstić information content (AvgIpc) is 2.98. The lowest BCUT2D eigenvalue weighted by Crippen LogP contribution is -2.29. The Labute approximate surface area is 128 Å². The number of carbonyl (C=O) groups excluding carboxylic acids is 1. The van der Waals surface area contributed by atoms with Crippen LogP contribution in [0.4, 0.5) is 5.69 Å². The second-order valence-corrected chi connectivity index (χ2v) is 6.75. The van der Waals surface area contributed by atoms with Crippen molar-refractivity contribution in [3.05, 3.63) is 59.7 Å². The van der Waals surface area contributed by atoms with Gasteiger partial charge in [-0.1, -0.05) is 18.2 Å². The van der Waals surface area contributed by atoms with Gasteiger partial charge in [0.05, 0.1) is 16.1 Å². The van der Waals surface area contributed by atoms with Crippen molar-refractivity contribution in [2.24, 2.45) is 5.90 Å². The Morgan fingerprint density at radius 1 is 1.14 bits per heavy atom. The highest BCUT2D eigenvalue weighted by Gasteiger charge is 2.31. The van der Waals surface area contributed by atoms with E-state index in [1.54, 1.807) is 42.5 Å². The minimum absolute atomic E-state index is 0.244. The number of carbonyl (C=O) groups is 1. The van der Waals surface area contributed by atoms with Gasteiger partial charge in [0, 0.05) is 6.54 Å². The SMILES string of the molecule is NOC(=O)c1ccc2c(c1)CCN2S(=O)(=O)c1ccccc1. The first-order valence-electron chi connectivity index (χ1n) is 6.66. The summed E-state index contributed by atoms with van der Waals surface area (Å²) in [6, 6.07) is 13.0. The van der Waals surface area contributed by atoms with Crippen LogP contribution in [0.2, 0.25) is 0 Å². The summed E-state index contributed by atoms with van der Waals surface area (Å²) in [6.07, 6.45) is 0.535. The van der Waals surface area contributed by atoms with Crippen LogP contribution in [0.5, 0.6) is 0 Å². The standard InChI is InChI=1S/C15H14N2O4S/c16-21-15(18)12-6-7-14-11(10-12)8-9-17(14)22(19,20)13-4-2-1-3-5-13/h1-7,10H,8-9,16H2. The van der Waals surface area contributed by atoms with Crippen molar-refractivity contribution in [2.45, 2.75) is 11.3 Å². The molecule has 114 valence electrons. The van der Waals surface area contributed by atoms with Crippen molar-refractivity contribution in [3.8, 4) is 0 Å². The highest BCUT2D eigenvalue weighted by atomic mass is 32.2. The highest BCUT2D eigenvalue weighted by molar-refractivity contribution is 7.92. The van der Waals surface area contributed by atoms with Gasteiger partial charge >= 0.3 is 5.97 Å². The molecule has 1 heterocycles. The topological polar surface area (TPSA) is 89.7 Å². The minimum atomic E-state index is -3.60. The van der Waals surface area contributed by atoms with Crippen LogP contribution in [0.1, 0.15) is 15.9 Å². The van der Waals surface area contributed by atoms with Crippen LogP contribution in [-0.4, -0.2) is 20.9 Å². The number of fused-ring (bicyclic) bond motifs is 1. The fourth-order valence-electron chi connectivity index (χ4n) is 2.54. The summed E-state index contributed by atoms with van der Waals surface area (Å²) in [4.78, 5) is 15.9. The molecule has 0 atom stereocenters. The number of nitrogens with zero attached hydrogens (tertiary/aromatic N) is 1. The highest BCUT2D eigenvalue weighted by Crippen LogP contribution is 2.33. The van der Waals surface area contributed by atoms with Crippen LogP contribution in [0.25, 0.3) is 0 Å². The molecule has 2 aromatic rings. The fraction of sp³-hybridized carbons (Fsp3) is 0.133. The van der Waals surface area contributed by atoms with Crippen LogP contribution in [0.15, 0.2) is 53.4 Å². The third-order valence-corrected chi connectivity index (χ3v) is 5.43. The number of nitrogens with two attached hydrogens (primary N) is 1. The summed E-state index contributed by atoms with van der Waals surface area (Å²) in [6.45, 7) is 0.341. The van der Waals surface area contributed by atoms with Crippen LogP contribution in [0, 0.1) is 0 Å². The van der Waals surface area contributed by atoms with Gasteiger partial charge in [-0.15, -0.1) is 0 Å². The van der Waals surface area contributed by atoms with Crippen LogP contribution >= 0.6 is 0 Å². The van der Waals surface area contributed by atoms with Crippen LogP contribution in [-0.2, 0) is 21.3 Å². The Morgan fingerprint density at radius 2 is 1.86 bits per heavy atom. The molecule has 0 aromatic heterocycles. The maximum atomic E-state index is 12.7. The lowest BCUT2D eigenvalue weighted by molar-refractivity contribution is 0.0503. The largest absolute Gasteiger partial charge is 0.370 e. The summed E-state index contributed by atoms with van der Waals surface area (Å²) < 4.78 is 26.7. The first-order valence-corrected chi connectivity index (χ1v) is 8.10. The Hall–Kier alpha value is -2.38. The summed E-state index contributed by atoms with van der Waals surface area (Å²) in [5, 5.41) is 0. The van der Waals surface area contributed by atoms with E-state index in [4.69, 9.17) is 5.90 Å². The zero-order valence-corrected chi connectivity index (χ0v) is 12.4. The maximum absolute atomic E-state index is 12.7. The fourth-order valence-corrected chi connectivity index (χ4v) is 4.06. The van der Waals surface area contributed by atoms with Gasteiger partial charge in [0.15, 0.2) is 0 Å². The summed E-state index contributed by atoms with van der Waals surface area (Å²) >= 11 is 0. The molecule has 1 aliphatic heterocycles. The predicted octanol–water partition coefficient (Wildman–Crippen LogP) is 1.47. The lowest BCUT2D eigenvalue weighted by Gasteiger charge is -2.19. The number of anilines is 1. The van der Waals surface area contributed by atoms with E-state index in [1.807, 2.05) is 0 Å². The van der Waals surface area contributed by atoms with Gasteiger partial charge in [-0.05, 0) is 42.3 Å². The molecule has 0 saturated heterocycles. The number of hydrogen-bond acceptors (Lipinski definition) is 5. The quantitative estimate of drug-likeness (QED) is 0.866. The molecule has 7 heteroatoms. The first-order chi connectivity index (χ1) is 10.5. The van der Waals surface area contributed by atoms with E-state index in [2.05, 4.69) is 4.84 Å². The maximum Gasteiger partial charge on any atom is 0.356 e. The molecule has 2 aromatic carbocycles. The molecule has 6 nitrogen and oxygen atoms in total. The van der Waals surface area contributed by atoms with Gasteiger partial charge in [0.2, 0.25) is 0 Å². The van der Waals surface area contributed by atoms with Crippen molar-refractivity contribution in [2.75, 3.05) is 10.8 Å². The van der Waals surface area contributed by atoms with E-state index in [0.717, 1.165) is 5.56 Å². The Balaban J connectivity index is 2.00. The molecule has 22 heavy (non-hydrogen) atoms. The number of rotatable bonds is 3. The van der Waals surface area contributed by atoms with E-state index in [1.165, 1.54) is 10.4 Å². The van der Waals surface area contributed by atoms with Gasteiger partial charge in [0.1, 0.15) is 0 Å². The van der Waals surface area contributed by atoms with Crippen LogP contribution in [0.3, 0.4) is 0 Å². The molecule has 1 aliphatic rings. The van der Waals surface area contributed by atoms with Crippen LogP contribution < -0.4 is 10.2 Å². The van der Waals surface area contributed by atoms with Gasteiger partial charge in [-0.3, -0.25) is 4.31 Å².